The zero-order chi connectivity index (χ0) is 8.91. The maximum Gasteiger partial charge on any atom is 0.253 e. The molecule has 0 N–H and O–H groups in total. The van der Waals surface area contributed by atoms with Gasteiger partial charge in [0.2, 0.25) is 6.01 Å². The highest BCUT2D eigenvalue weighted by Crippen LogP contribution is 2.09. The number of rotatable bonds is 5. The number of halogens is 2. The van der Waals surface area contributed by atoms with Crippen molar-refractivity contribution in [2.75, 3.05) is 12.6 Å². The molecule has 0 saturated carbocycles. The predicted octanol–water partition coefficient (Wildman–Crippen LogP) is 1.66. The molecule has 0 fully saturated rings. The van der Waals surface area contributed by atoms with Crippen molar-refractivity contribution in [2.45, 2.75) is 19.8 Å². The fourth-order valence-electron chi connectivity index (χ4n) is 0.474. The highest BCUT2D eigenvalue weighted by Gasteiger charge is 2.17. The maximum atomic E-state index is 11.8. The van der Waals surface area contributed by atoms with Gasteiger partial charge >= 0.3 is 0 Å². The molecule has 0 atom stereocenters. The lowest BCUT2D eigenvalue weighted by Gasteiger charge is -2.10. The molecule has 0 radical (unpaired) electrons. The first kappa shape index (κ1) is 11.3. The summed E-state index contributed by atoms with van der Waals surface area (Å²) in [5.74, 6) is 0. The van der Waals surface area contributed by atoms with E-state index in [1.54, 1.807) is 0 Å². The topological polar surface area (TPSA) is 37.4 Å². The van der Waals surface area contributed by atoms with Crippen LogP contribution in [0.15, 0.2) is 0 Å². The standard InChI is InChI=1S/C5H11BrFNO2S/c1-2-3-4-8(6)11(9,10)5-7/h2-5H2,1H3. The molecule has 0 aromatic carbocycles. The van der Waals surface area contributed by atoms with Crippen molar-refractivity contribution in [3.05, 3.63) is 0 Å². The number of hydrogen-bond acceptors (Lipinski definition) is 2. The smallest absolute Gasteiger partial charge is 0.232 e. The minimum atomic E-state index is -3.69. The third kappa shape index (κ3) is 4.03. The minimum absolute atomic E-state index is 0.322. The Hall–Kier alpha value is 0.320. The first-order valence-corrected chi connectivity index (χ1v) is 5.58. The quantitative estimate of drug-likeness (QED) is 0.694. The van der Waals surface area contributed by atoms with Crippen molar-refractivity contribution in [3.8, 4) is 0 Å². The van der Waals surface area contributed by atoms with Crippen LogP contribution in [0, 0.1) is 0 Å². The van der Waals surface area contributed by atoms with Crippen molar-refractivity contribution in [3.63, 3.8) is 0 Å². The summed E-state index contributed by atoms with van der Waals surface area (Å²) < 4.78 is 34.1. The summed E-state index contributed by atoms with van der Waals surface area (Å²) in [5.41, 5.74) is 0. The van der Waals surface area contributed by atoms with E-state index < -0.39 is 16.0 Å². The van der Waals surface area contributed by atoms with Gasteiger partial charge in [-0.15, -0.1) is 3.33 Å². The van der Waals surface area contributed by atoms with E-state index in [1.165, 1.54) is 0 Å². The molecule has 0 saturated heterocycles. The number of alkyl halides is 1. The Balaban J connectivity index is 3.93. The lowest BCUT2D eigenvalue weighted by molar-refractivity contribution is 0.494. The number of unbranched alkanes of at least 4 members (excludes halogenated alkanes) is 1. The van der Waals surface area contributed by atoms with Crippen LogP contribution in [0.4, 0.5) is 4.39 Å². The SMILES string of the molecule is CCCCN(Br)S(=O)(=O)CF. The summed E-state index contributed by atoms with van der Waals surface area (Å²) in [7, 11) is -3.69. The van der Waals surface area contributed by atoms with Gasteiger partial charge in [0.25, 0.3) is 10.0 Å². The van der Waals surface area contributed by atoms with Crippen molar-refractivity contribution in [2.24, 2.45) is 0 Å². The third-order valence-corrected chi connectivity index (χ3v) is 3.87. The van der Waals surface area contributed by atoms with E-state index in [0.717, 1.165) is 16.2 Å². The molecule has 0 unspecified atom stereocenters. The molecule has 0 amide bonds. The molecule has 0 aliphatic rings. The molecule has 0 aromatic rings. The molecule has 0 aliphatic heterocycles. The molecule has 3 nitrogen and oxygen atoms in total. The zero-order valence-corrected chi connectivity index (χ0v) is 8.66. The van der Waals surface area contributed by atoms with E-state index in [2.05, 4.69) is 16.1 Å². The first-order valence-electron chi connectivity index (χ1n) is 3.26. The molecule has 0 spiro atoms. The van der Waals surface area contributed by atoms with Gasteiger partial charge < -0.3 is 0 Å². The van der Waals surface area contributed by atoms with Crippen LogP contribution in [-0.4, -0.2) is 24.3 Å². The second-order valence-corrected chi connectivity index (χ2v) is 5.23. The van der Waals surface area contributed by atoms with E-state index in [9.17, 15) is 12.8 Å². The average molecular weight is 248 g/mol. The van der Waals surface area contributed by atoms with Gasteiger partial charge in [0.15, 0.2) is 0 Å². The highest BCUT2D eigenvalue weighted by atomic mass is 79.9. The Labute approximate surface area is 75.0 Å². The molecule has 0 heterocycles. The monoisotopic (exact) mass is 247 g/mol. The summed E-state index contributed by atoms with van der Waals surface area (Å²) in [6.45, 7) is 2.26. The number of sulfonamides is 1. The van der Waals surface area contributed by atoms with Gasteiger partial charge in [-0.1, -0.05) is 13.3 Å². The highest BCUT2D eigenvalue weighted by molar-refractivity contribution is 9.08. The molecule has 0 aliphatic carbocycles. The summed E-state index contributed by atoms with van der Waals surface area (Å²) in [6.07, 6.45) is 1.61. The van der Waals surface area contributed by atoms with Crippen LogP contribution in [0.3, 0.4) is 0 Å². The van der Waals surface area contributed by atoms with Gasteiger partial charge in [0, 0.05) is 22.7 Å². The van der Waals surface area contributed by atoms with Gasteiger partial charge in [-0.05, 0) is 6.42 Å². The van der Waals surface area contributed by atoms with Crippen LogP contribution >= 0.6 is 16.1 Å². The van der Waals surface area contributed by atoms with Crippen LogP contribution in [0.2, 0.25) is 0 Å². The number of nitrogens with zero attached hydrogens (tertiary/aromatic N) is 1. The van der Waals surface area contributed by atoms with E-state index in [1.807, 2.05) is 6.92 Å². The molecule has 11 heavy (non-hydrogen) atoms. The van der Waals surface area contributed by atoms with Crippen molar-refractivity contribution >= 4 is 26.2 Å². The molecule has 6 heteroatoms. The largest absolute Gasteiger partial charge is 0.253 e. The van der Waals surface area contributed by atoms with Gasteiger partial charge in [0.1, 0.15) is 0 Å². The lowest BCUT2D eigenvalue weighted by atomic mass is 10.3. The second-order valence-electron chi connectivity index (χ2n) is 2.09. The second kappa shape index (κ2) is 5.05. The Morgan fingerprint density at radius 2 is 2.09 bits per heavy atom. The Bertz CT molecular complexity index is 195. The van der Waals surface area contributed by atoms with E-state index in [-0.39, 0.29) is 0 Å². The molecule has 68 valence electrons. The lowest BCUT2D eigenvalue weighted by Crippen LogP contribution is -2.23. The van der Waals surface area contributed by atoms with Crippen molar-refractivity contribution in [1.82, 2.24) is 3.33 Å². The van der Waals surface area contributed by atoms with E-state index in [0.29, 0.717) is 6.54 Å². The summed E-state index contributed by atoms with van der Waals surface area (Å²) >= 11 is 2.77. The van der Waals surface area contributed by atoms with Crippen LogP contribution in [-0.2, 0) is 10.0 Å². The first-order chi connectivity index (χ1) is 5.04. The molecule has 0 bridgehead atoms. The zero-order valence-electron chi connectivity index (χ0n) is 6.26. The van der Waals surface area contributed by atoms with Crippen LogP contribution in [0.25, 0.3) is 0 Å². The van der Waals surface area contributed by atoms with Gasteiger partial charge in [-0.3, -0.25) is 0 Å². The van der Waals surface area contributed by atoms with E-state index >= 15 is 0 Å². The summed E-state index contributed by atoms with van der Waals surface area (Å²) in [4.78, 5) is 0. The average Bonchev–Trinajstić information content (AvgIpc) is 2.00. The summed E-state index contributed by atoms with van der Waals surface area (Å²) in [5, 5.41) is 0. The fraction of sp³-hybridized carbons (Fsp3) is 1.00. The van der Waals surface area contributed by atoms with Crippen molar-refractivity contribution in [1.29, 1.82) is 0 Å². The van der Waals surface area contributed by atoms with Crippen LogP contribution in [0.1, 0.15) is 19.8 Å². The third-order valence-electron chi connectivity index (χ3n) is 1.13. The maximum absolute atomic E-state index is 11.8. The van der Waals surface area contributed by atoms with Crippen LogP contribution in [0.5, 0.6) is 0 Å². The summed E-state index contributed by atoms with van der Waals surface area (Å²) in [6, 6.07) is -1.35. The molecular formula is C5H11BrFNO2S. The Kier molecular flexibility index (Phi) is 5.20. The Morgan fingerprint density at radius 3 is 2.45 bits per heavy atom. The van der Waals surface area contributed by atoms with Crippen LogP contribution < -0.4 is 0 Å². The van der Waals surface area contributed by atoms with Crippen molar-refractivity contribution < 1.29 is 12.8 Å². The predicted molar refractivity (Wildman–Crippen MR) is 45.4 cm³/mol. The molecule has 0 rings (SSSR count). The normalized spacial score (nSPS) is 12.4. The molecular weight excluding hydrogens is 237 g/mol. The van der Waals surface area contributed by atoms with Gasteiger partial charge in [-0.25, -0.2) is 12.8 Å². The molecule has 0 aromatic heterocycles. The van der Waals surface area contributed by atoms with Gasteiger partial charge in [-0.2, -0.15) is 0 Å². The van der Waals surface area contributed by atoms with E-state index in [4.69, 9.17) is 0 Å². The minimum Gasteiger partial charge on any atom is -0.232 e. The Morgan fingerprint density at radius 1 is 1.55 bits per heavy atom. The fourth-order valence-corrected chi connectivity index (χ4v) is 1.47. The van der Waals surface area contributed by atoms with Gasteiger partial charge in [0.05, 0.1) is 0 Å². The number of hydrogen-bond donors (Lipinski definition) is 0.